The van der Waals surface area contributed by atoms with Crippen molar-refractivity contribution >= 4 is 17.7 Å². The smallest absolute Gasteiger partial charge is 0.191 e. The van der Waals surface area contributed by atoms with Crippen LogP contribution >= 0.6 is 11.8 Å². The predicted octanol–water partition coefficient (Wildman–Crippen LogP) is 2.90. The van der Waals surface area contributed by atoms with E-state index >= 15 is 0 Å². The van der Waals surface area contributed by atoms with Crippen molar-refractivity contribution in [1.82, 2.24) is 10.6 Å². The third-order valence-electron chi connectivity index (χ3n) is 3.15. The Morgan fingerprint density at radius 1 is 1.27 bits per heavy atom. The molecule has 0 radical (unpaired) electrons. The highest BCUT2D eigenvalue weighted by Gasteiger charge is 2.16. The minimum atomic E-state index is -0.226. The van der Waals surface area contributed by atoms with Gasteiger partial charge in [-0.2, -0.15) is 0 Å². The molecule has 2 N–H and O–H groups in total. The molecule has 0 saturated carbocycles. The molecule has 0 spiro atoms. The fraction of sp³-hybridized carbons (Fsp3) is 0.562. The summed E-state index contributed by atoms with van der Waals surface area (Å²) in [5.41, 5.74) is -0.226. The molecule has 1 aromatic carbocycles. The SMILES string of the molecule is CN=C(NCCCSc1ccc(F)cc1)NCC(C)(C)OC. The number of nitrogens with one attached hydrogen (secondary N) is 2. The van der Waals surface area contributed by atoms with Crippen molar-refractivity contribution in [3.05, 3.63) is 30.1 Å². The Morgan fingerprint density at radius 2 is 1.95 bits per heavy atom. The lowest BCUT2D eigenvalue weighted by molar-refractivity contribution is 0.0268. The molecule has 0 aliphatic rings. The molecule has 0 fully saturated rings. The maximum Gasteiger partial charge on any atom is 0.191 e. The van der Waals surface area contributed by atoms with E-state index in [1.807, 2.05) is 13.8 Å². The van der Waals surface area contributed by atoms with Crippen molar-refractivity contribution in [2.24, 2.45) is 4.99 Å². The Bertz CT molecular complexity index is 463. The second-order valence-electron chi connectivity index (χ2n) is 5.47. The first-order chi connectivity index (χ1) is 10.5. The standard InChI is InChI=1S/C16H26FN3OS/c1-16(2,21-4)12-20-15(18-3)19-10-5-11-22-14-8-6-13(17)7-9-14/h6-9H,5,10-12H2,1-4H3,(H2,18,19,20). The summed E-state index contributed by atoms with van der Waals surface area (Å²) < 4.78 is 18.1. The van der Waals surface area contributed by atoms with Crippen LogP contribution in [0.2, 0.25) is 0 Å². The van der Waals surface area contributed by atoms with Gasteiger partial charge in [-0.15, -0.1) is 11.8 Å². The van der Waals surface area contributed by atoms with Crippen molar-refractivity contribution in [1.29, 1.82) is 0 Å². The topological polar surface area (TPSA) is 45.7 Å². The van der Waals surface area contributed by atoms with Gasteiger partial charge in [-0.1, -0.05) is 0 Å². The summed E-state index contributed by atoms with van der Waals surface area (Å²) in [6.45, 7) is 5.56. The third-order valence-corrected chi connectivity index (χ3v) is 4.25. The molecule has 0 amide bonds. The summed E-state index contributed by atoms with van der Waals surface area (Å²) in [5, 5.41) is 6.51. The van der Waals surface area contributed by atoms with Crippen LogP contribution in [-0.4, -0.2) is 44.6 Å². The molecule has 22 heavy (non-hydrogen) atoms. The van der Waals surface area contributed by atoms with Gasteiger partial charge in [-0.05, 0) is 50.3 Å². The number of halogens is 1. The average molecular weight is 327 g/mol. The molecule has 1 aromatic rings. The maximum absolute atomic E-state index is 12.8. The fourth-order valence-corrected chi connectivity index (χ4v) is 2.44. The second-order valence-corrected chi connectivity index (χ2v) is 6.64. The lowest BCUT2D eigenvalue weighted by atomic mass is 10.1. The Balaban J connectivity index is 2.18. The Labute approximate surface area is 136 Å². The lowest BCUT2D eigenvalue weighted by Crippen LogP contribution is -2.45. The summed E-state index contributed by atoms with van der Waals surface area (Å²) in [7, 11) is 3.45. The van der Waals surface area contributed by atoms with E-state index in [1.165, 1.54) is 12.1 Å². The van der Waals surface area contributed by atoms with Crippen LogP contribution in [0, 0.1) is 5.82 Å². The number of thioether (sulfide) groups is 1. The van der Waals surface area contributed by atoms with Crippen LogP contribution in [0.25, 0.3) is 0 Å². The van der Waals surface area contributed by atoms with Gasteiger partial charge in [-0.3, -0.25) is 4.99 Å². The van der Waals surface area contributed by atoms with Gasteiger partial charge in [-0.25, -0.2) is 4.39 Å². The Morgan fingerprint density at radius 3 is 2.55 bits per heavy atom. The molecular weight excluding hydrogens is 301 g/mol. The van der Waals surface area contributed by atoms with E-state index in [2.05, 4.69) is 15.6 Å². The Kier molecular flexibility index (Phi) is 8.27. The predicted molar refractivity (Wildman–Crippen MR) is 92.2 cm³/mol. The number of ether oxygens (including phenoxy) is 1. The molecule has 6 heteroatoms. The van der Waals surface area contributed by atoms with Crippen LogP contribution in [-0.2, 0) is 4.74 Å². The maximum atomic E-state index is 12.8. The molecule has 0 bridgehead atoms. The van der Waals surface area contributed by atoms with Crippen molar-refractivity contribution in [2.45, 2.75) is 30.8 Å². The van der Waals surface area contributed by atoms with E-state index < -0.39 is 0 Å². The second kappa shape index (κ2) is 9.69. The highest BCUT2D eigenvalue weighted by Crippen LogP contribution is 2.18. The van der Waals surface area contributed by atoms with Gasteiger partial charge in [0.05, 0.1) is 5.60 Å². The van der Waals surface area contributed by atoms with Gasteiger partial charge in [0.1, 0.15) is 5.82 Å². The minimum Gasteiger partial charge on any atom is -0.377 e. The van der Waals surface area contributed by atoms with Crippen LogP contribution in [0.1, 0.15) is 20.3 Å². The van der Waals surface area contributed by atoms with E-state index in [0.29, 0.717) is 6.54 Å². The molecule has 1 rings (SSSR count). The van der Waals surface area contributed by atoms with E-state index in [1.54, 1.807) is 38.1 Å². The quantitative estimate of drug-likeness (QED) is 0.333. The molecule has 0 aliphatic carbocycles. The number of hydrogen-bond acceptors (Lipinski definition) is 3. The minimum absolute atomic E-state index is 0.195. The molecule has 4 nitrogen and oxygen atoms in total. The summed E-state index contributed by atoms with van der Waals surface area (Å²) in [5.74, 6) is 1.55. The summed E-state index contributed by atoms with van der Waals surface area (Å²) in [4.78, 5) is 5.27. The third kappa shape index (κ3) is 7.66. The van der Waals surface area contributed by atoms with E-state index in [-0.39, 0.29) is 11.4 Å². The number of nitrogens with zero attached hydrogens (tertiary/aromatic N) is 1. The number of benzene rings is 1. The van der Waals surface area contributed by atoms with Crippen molar-refractivity contribution < 1.29 is 9.13 Å². The number of rotatable bonds is 8. The van der Waals surface area contributed by atoms with Crippen LogP contribution in [0.5, 0.6) is 0 Å². The van der Waals surface area contributed by atoms with Crippen LogP contribution in [0.4, 0.5) is 4.39 Å². The van der Waals surface area contributed by atoms with Gasteiger partial charge in [0.2, 0.25) is 0 Å². The molecule has 0 aromatic heterocycles. The van der Waals surface area contributed by atoms with Gasteiger partial charge < -0.3 is 15.4 Å². The summed E-state index contributed by atoms with van der Waals surface area (Å²) >= 11 is 1.72. The van der Waals surface area contributed by atoms with Gasteiger partial charge in [0.25, 0.3) is 0 Å². The first kappa shape index (κ1) is 18.8. The van der Waals surface area contributed by atoms with Crippen LogP contribution in [0.3, 0.4) is 0 Å². The molecule has 0 saturated heterocycles. The summed E-state index contributed by atoms with van der Waals surface area (Å²) in [6, 6.07) is 6.59. The fourth-order valence-electron chi connectivity index (χ4n) is 1.59. The van der Waals surface area contributed by atoms with Gasteiger partial charge in [0.15, 0.2) is 5.96 Å². The number of methoxy groups -OCH3 is 1. The van der Waals surface area contributed by atoms with Crippen LogP contribution in [0.15, 0.2) is 34.2 Å². The zero-order chi connectivity index (χ0) is 16.4. The highest BCUT2D eigenvalue weighted by atomic mass is 32.2. The molecule has 0 heterocycles. The van der Waals surface area contributed by atoms with Crippen molar-refractivity contribution in [3.8, 4) is 0 Å². The molecule has 124 valence electrons. The molecule has 0 atom stereocenters. The van der Waals surface area contributed by atoms with Gasteiger partial charge in [0, 0.05) is 32.1 Å². The zero-order valence-corrected chi connectivity index (χ0v) is 14.6. The molecular formula is C16H26FN3OS. The molecule has 0 unspecified atom stereocenters. The number of aliphatic imine (C=N–C) groups is 1. The van der Waals surface area contributed by atoms with E-state index in [9.17, 15) is 4.39 Å². The van der Waals surface area contributed by atoms with Crippen molar-refractivity contribution in [3.63, 3.8) is 0 Å². The summed E-state index contributed by atoms with van der Waals surface area (Å²) in [6.07, 6.45) is 0.996. The van der Waals surface area contributed by atoms with Crippen molar-refractivity contribution in [2.75, 3.05) is 33.0 Å². The zero-order valence-electron chi connectivity index (χ0n) is 13.8. The monoisotopic (exact) mass is 327 g/mol. The number of hydrogen-bond donors (Lipinski definition) is 2. The Hall–Kier alpha value is -1.27. The normalized spacial score (nSPS) is 12.3. The first-order valence-electron chi connectivity index (χ1n) is 7.35. The van der Waals surface area contributed by atoms with Crippen LogP contribution < -0.4 is 10.6 Å². The number of guanidine groups is 1. The highest BCUT2D eigenvalue weighted by molar-refractivity contribution is 7.99. The average Bonchev–Trinajstić information content (AvgIpc) is 2.51. The first-order valence-corrected chi connectivity index (χ1v) is 8.33. The molecule has 0 aliphatic heterocycles. The van der Waals surface area contributed by atoms with E-state index in [4.69, 9.17) is 4.74 Å². The van der Waals surface area contributed by atoms with Gasteiger partial charge >= 0.3 is 0 Å². The van der Waals surface area contributed by atoms with E-state index in [0.717, 1.165) is 29.6 Å². The largest absolute Gasteiger partial charge is 0.377 e. The lowest BCUT2D eigenvalue weighted by Gasteiger charge is -2.24.